The maximum atomic E-state index is 14.0. The standard InChI is InChI=1S/C17H23NOS/c1-14(18)17(2,3)20(19,15-10-6-4-7-11-15)16-12-8-5-9-13-16/h4-14,20H,18H2,1-3H3. The summed E-state index contributed by atoms with van der Waals surface area (Å²) >= 11 is 0. The number of hydrogen-bond donors (Lipinski definition) is 2. The van der Waals surface area contributed by atoms with Crippen molar-refractivity contribution in [2.24, 2.45) is 5.73 Å². The van der Waals surface area contributed by atoms with Gasteiger partial charge in [-0.15, -0.1) is 0 Å². The van der Waals surface area contributed by atoms with Gasteiger partial charge in [0.05, 0.1) is 0 Å². The molecule has 20 heavy (non-hydrogen) atoms. The first-order valence-corrected chi connectivity index (χ1v) is 8.58. The smallest absolute Gasteiger partial charge is 0.0408 e. The van der Waals surface area contributed by atoms with Gasteiger partial charge < -0.3 is 5.73 Å². The number of rotatable bonds is 4. The first-order valence-electron chi connectivity index (χ1n) is 6.87. The molecule has 0 radical (unpaired) electrons. The van der Waals surface area contributed by atoms with Crippen molar-refractivity contribution >= 4 is 9.93 Å². The maximum Gasteiger partial charge on any atom is 0.0408 e. The molecule has 0 aliphatic carbocycles. The van der Waals surface area contributed by atoms with Crippen molar-refractivity contribution in [1.82, 2.24) is 0 Å². The zero-order chi connectivity index (χ0) is 14.8. The molecule has 2 aromatic rings. The second kappa shape index (κ2) is 5.51. The van der Waals surface area contributed by atoms with Crippen LogP contribution in [0.3, 0.4) is 0 Å². The van der Waals surface area contributed by atoms with Crippen molar-refractivity contribution in [2.75, 3.05) is 0 Å². The molecule has 1 unspecified atom stereocenters. The van der Waals surface area contributed by atoms with E-state index in [1.807, 2.05) is 81.4 Å². The summed E-state index contributed by atoms with van der Waals surface area (Å²) in [6, 6.07) is 19.2. The maximum absolute atomic E-state index is 14.0. The van der Waals surface area contributed by atoms with Gasteiger partial charge in [0.2, 0.25) is 0 Å². The third-order valence-electron chi connectivity index (χ3n) is 4.17. The Labute approximate surface area is 122 Å². The van der Waals surface area contributed by atoms with Gasteiger partial charge in [0.15, 0.2) is 0 Å². The number of benzene rings is 2. The summed E-state index contributed by atoms with van der Waals surface area (Å²) < 4.78 is 13.5. The van der Waals surface area contributed by atoms with Crippen LogP contribution in [0.15, 0.2) is 70.5 Å². The molecule has 2 N–H and O–H groups in total. The van der Waals surface area contributed by atoms with Crippen LogP contribution >= 0.6 is 0 Å². The lowest BCUT2D eigenvalue weighted by atomic mass is 10.1. The lowest BCUT2D eigenvalue weighted by Gasteiger charge is -2.42. The minimum absolute atomic E-state index is 0.172. The van der Waals surface area contributed by atoms with Gasteiger partial charge in [-0.05, 0) is 55.0 Å². The summed E-state index contributed by atoms with van der Waals surface area (Å²) in [6.45, 7) is 5.93. The van der Waals surface area contributed by atoms with E-state index in [0.29, 0.717) is 0 Å². The Morgan fingerprint density at radius 1 is 0.900 bits per heavy atom. The van der Waals surface area contributed by atoms with Crippen LogP contribution in [0.25, 0.3) is 0 Å². The van der Waals surface area contributed by atoms with E-state index in [-0.39, 0.29) is 6.04 Å². The van der Waals surface area contributed by atoms with Crippen LogP contribution in [0.4, 0.5) is 0 Å². The SMILES string of the molecule is CC(N)C(C)(C)[SH](=O)(c1ccccc1)c1ccccc1. The molecule has 2 aromatic carbocycles. The fourth-order valence-corrected chi connectivity index (χ4v) is 5.76. The second-order valence-electron chi connectivity index (χ2n) is 5.72. The molecule has 2 rings (SSSR count). The van der Waals surface area contributed by atoms with Crippen LogP contribution in [0.5, 0.6) is 0 Å². The molecule has 0 fully saturated rings. The molecule has 0 saturated carbocycles. The van der Waals surface area contributed by atoms with E-state index >= 15 is 0 Å². The molecular formula is C17H23NOS. The van der Waals surface area contributed by atoms with Crippen molar-refractivity contribution in [3.05, 3.63) is 60.7 Å². The molecule has 0 saturated heterocycles. The Hall–Kier alpha value is -1.45. The third kappa shape index (κ3) is 2.32. The molecule has 2 nitrogen and oxygen atoms in total. The van der Waals surface area contributed by atoms with Gasteiger partial charge in [-0.2, -0.15) is 0 Å². The molecule has 0 amide bonds. The largest absolute Gasteiger partial charge is 0.327 e. The zero-order valence-corrected chi connectivity index (χ0v) is 13.2. The molecule has 0 aliphatic rings. The molecule has 0 aliphatic heterocycles. The average Bonchev–Trinajstić information content (AvgIpc) is 2.48. The van der Waals surface area contributed by atoms with E-state index in [0.717, 1.165) is 9.79 Å². The Morgan fingerprint density at radius 3 is 1.55 bits per heavy atom. The molecule has 3 heteroatoms. The number of hydrogen-bond acceptors (Lipinski definition) is 2. The van der Waals surface area contributed by atoms with Crippen LogP contribution in [0.2, 0.25) is 0 Å². The first kappa shape index (κ1) is 14.9. The molecule has 0 heterocycles. The third-order valence-corrected chi connectivity index (χ3v) is 8.25. The highest BCUT2D eigenvalue weighted by Gasteiger charge is 2.40. The van der Waals surface area contributed by atoms with Crippen LogP contribution in [0, 0.1) is 0 Å². The van der Waals surface area contributed by atoms with Crippen molar-refractivity contribution in [3.8, 4) is 0 Å². The molecule has 0 aromatic heterocycles. The minimum Gasteiger partial charge on any atom is -0.327 e. The van der Waals surface area contributed by atoms with Crippen molar-refractivity contribution in [3.63, 3.8) is 0 Å². The van der Waals surface area contributed by atoms with E-state index in [1.54, 1.807) is 0 Å². The number of nitrogens with two attached hydrogens (primary N) is 1. The predicted molar refractivity (Wildman–Crippen MR) is 86.7 cm³/mol. The van der Waals surface area contributed by atoms with Crippen LogP contribution < -0.4 is 5.73 Å². The van der Waals surface area contributed by atoms with Crippen molar-refractivity contribution in [1.29, 1.82) is 0 Å². The lowest BCUT2D eigenvalue weighted by Crippen LogP contribution is -2.51. The Kier molecular flexibility index (Phi) is 4.11. The van der Waals surface area contributed by atoms with Crippen LogP contribution in [-0.4, -0.2) is 15.0 Å². The highest BCUT2D eigenvalue weighted by atomic mass is 32.2. The zero-order valence-electron chi connectivity index (χ0n) is 12.3. The van der Waals surface area contributed by atoms with Gasteiger partial charge >= 0.3 is 0 Å². The Balaban J connectivity index is 2.72. The first-order chi connectivity index (χ1) is 9.40. The van der Waals surface area contributed by atoms with Gasteiger partial charge in [-0.1, -0.05) is 36.4 Å². The molecule has 108 valence electrons. The van der Waals surface area contributed by atoms with Crippen LogP contribution in [0.1, 0.15) is 20.8 Å². The highest BCUT2D eigenvalue weighted by Crippen LogP contribution is 2.40. The van der Waals surface area contributed by atoms with E-state index in [4.69, 9.17) is 5.73 Å². The average molecular weight is 289 g/mol. The summed E-state index contributed by atoms with van der Waals surface area (Å²) in [5.74, 6) is 0. The lowest BCUT2D eigenvalue weighted by molar-refractivity contribution is 0.534. The number of thiol groups is 1. The summed E-state index contributed by atoms with van der Waals surface area (Å²) in [4.78, 5) is 1.74. The normalized spacial score (nSPS) is 14.8. The molecule has 1 atom stereocenters. The van der Waals surface area contributed by atoms with Crippen molar-refractivity contribution < 1.29 is 4.21 Å². The van der Waals surface area contributed by atoms with E-state index in [1.165, 1.54) is 0 Å². The van der Waals surface area contributed by atoms with E-state index < -0.39 is 14.7 Å². The summed E-state index contributed by atoms with van der Waals surface area (Å²) in [7, 11) is -2.81. The highest BCUT2D eigenvalue weighted by molar-refractivity contribution is 8.04. The predicted octanol–water partition coefficient (Wildman–Crippen LogP) is 3.25. The van der Waals surface area contributed by atoms with Crippen LogP contribution in [-0.2, 0) is 9.93 Å². The Morgan fingerprint density at radius 2 is 1.25 bits per heavy atom. The molecule has 0 spiro atoms. The topological polar surface area (TPSA) is 43.1 Å². The van der Waals surface area contributed by atoms with E-state index in [2.05, 4.69) is 0 Å². The van der Waals surface area contributed by atoms with Gasteiger partial charge in [0, 0.05) is 20.6 Å². The summed E-state index contributed by atoms with van der Waals surface area (Å²) in [6.07, 6.45) is 0. The fourth-order valence-electron chi connectivity index (χ4n) is 2.38. The summed E-state index contributed by atoms with van der Waals surface area (Å²) in [5.41, 5.74) is 6.16. The van der Waals surface area contributed by atoms with Gasteiger partial charge in [0.1, 0.15) is 0 Å². The Bertz CT molecular complexity index is 562. The minimum atomic E-state index is -2.81. The monoisotopic (exact) mass is 289 g/mol. The molecular weight excluding hydrogens is 266 g/mol. The van der Waals surface area contributed by atoms with Crippen molar-refractivity contribution in [2.45, 2.75) is 41.4 Å². The van der Waals surface area contributed by atoms with Gasteiger partial charge in [-0.25, -0.2) is 0 Å². The summed E-state index contributed by atoms with van der Waals surface area (Å²) in [5, 5.41) is 0. The van der Waals surface area contributed by atoms with E-state index in [9.17, 15) is 4.21 Å². The quantitative estimate of drug-likeness (QED) is 0.849. The fraction of sp³-hybridized carbons (Fsp3) is 0.294. The second-order valence-corrected chi connectivity index (χ2v) is 9.13. The molecule has 0 bridgehead atoms. The van der Waals surface area contributed by atoms with Gasteiger partial charge in [0.25, 0.3) is 0 Å². The van der Waals surface area contributed by atoms with Gasteiger partial charge in [-0.3, -0.25) is 4.21 Å².